The summed E-state index contributed by atoms with van der Waals surface area (Å²) < 4.78 is 1.88. The van der Waals surface area contributed by atoms with E-state index in [0.717, 1.165) is 11.8 Å². The summed E-state index contributed by atoms with van der Waals surface area (Å²) in [6.45, 7) is 1.20. The average Bonchev–Trinajstić information content (AvgIpc) is 3.52. The largest absolute Gasteiger partial charge is 0.395 e. The molecule has 2 aliphatic heterocycles. The van der Waals surface area contributed by atoms with Crippen molar-refractivity contribution in [2.45, 2.75) is 19.0 Å². The molecule has 8 nitrogen and oxygen atoms in total. The zero-order valence-corrected chi connectivity index (χ0v) is 22.1. The van der Waals surface area contributed by atoms with Gasteiger partial charge < -0.3 is 20.3 Å². The average molecular weight is 584 g/mol. The van der Waals surface area contributed by atoms with Gasteiger partial charge in [-0.15, -0.1) is 17.0 Å². The lowest BCUT2D eigenvalue weighted by molar-refractivity contribution is 0.0789. The van der Waals surface area contributed by atoms with Crippen LogP contribution in [0.4, 0.5) is 0 Å². The van der Waals surface area contributed by atoms with E-state index in [2.05, 4.69) is 5.32 Å². The topological polar surface area (TPSA) is 118 Å². The van der Waals surface area contributed by atoms with Gasteiger partial charge in [-0.1, -0.05) is 35.9 Å². The number of rotatable bonds is 4. The van der Waals surface area contributed by atoms with E-state index in [1.807, 2.05) is 16.7 Å². The van der Waals surface area contributed by atoms with Crippen molar-refractivity contribution >= 4 is 68.1 Å². The third kappa shape index (κ3) is 3.93. The van der Waals surface area contributed by atoms with Crippen LogP contribution >= 0.6 is 28.6 Å². The van der Waals surface area contributed by atoms with Gasteiger partial charge in [0.05, 0.1) is 23.3 Å². The van der Waals surface area contributed by atoms with E-state index in [0.29, 0.717) is 51.2 Å². The van der Waals surface area contributed by atoms with E-state index in [1.54, 1.807) is 41.3 Å². The number of aliphatic hydroxyl groups excluding tert-OH is 1. The molecule has 2 aliphatic rings. The molecule has 0 spiro atoms. The summed E-state index contributed by atoms with van der Waals surface area (Å²) in [7, 11) is 0. The summed E-state index contributed by atoms with van der Waals surface area (Å²) in [5.41, 5.74) is 9.58. The lowest BCUT2D eigenvalue weighted by Gasteiger charge is -2.16. The molecule has 190 valence electrons. The Balaban J connectivity index is 0.00000280. The number of fused-ring (bicyclic) bond motifs is 5. The summed E-state index contributed by atoms with van der Waals surface area (Å²) in [4.78, 5) is 40.9. The predicted octanol–water partition coefficient (Wildman–Crippen LogP) is 3.74. The maximum Gasteiger partial charge on any atom is 0.259 e. The number of nitrogens with one attached hydrogen (secondary N) is 1. The molecule has 1 aromatic heterocycles. The molecule has 3 amide bonds. The number of hydrogen-bond donors (Lipinski definition) is 3. The highest BCUT2D eigenvalue weighted by Gasteiger charge is 2.35. The van der Waals surface area contributed by atoms with E-state index < -0.39 is 11.8 Å². The van der Waals surface area contributed by atoms with Crippen LogP contribution in [0.15, 0.2) is 48.5 Å². The fourth-order valence-electron chi connectivity index (χ4n) is 5.46. The molecule has 1 unspecified atom stereocenters. The fraction of sp³-hybridized carbons (Fsp3) is 0.222. The molecule has 3 aromatic carbocycles. The normalized spacial score (nSPS) is 16.8. The summed E-state index contributed by atoms with van der Waals surface area (Å²) in [5.74, 6) is -1.07. The fourth-order valence-corrected chi connectivity index (χ4v) is 5.70. The zero-order valence-electron chi connectivity index (χ0n) is 19.7. The number of hydrogen-bond acceptors (Lipinski definition) is 5. The standard InChI is InChI=1S/C27H23ClN4O4.BrH/c28-19-4-2-1-3-16(19)18-12-21-22(24-23(18)25(34)30-26(24)35)17-6-5-14(11-20(17)32(21)9-10-33)27(36)31-8-7-15(29)13-31;/h1-6,11-12,15,33H,7-10,13,29H2,(H,30,34,35);1H. The lowest BCUT2D eigenvalue weighted by Crippen LogP contribution is -2.31. The van der Waals surface area contributed by atoms with Crippen molar-refractivity contribution in [2.75, 3.05) is 19.7 Å². The quantitative estimate of drug-likeness (QED) is 0.317. The molecule has 1 atom stereocenters. The van der Waals surface area contributed by atoms with Crippen molar-refractivity contribution in [3.63, 3.8) is 0 Å². The number of amides is 3. The molecule has 0 saturated carbocycles. The minimum absolute atomic E-state index is 0. The first-order valence-corrected chi connectivity index (χ1v) is 12.2. The van der Waals surface area contributed by atoms with Gasteiger partial charge in [0.1, 0.15) is 0 Å². The molecular formula is C27H24BrClN4O4. The van der Waals surface area contributed by atoms with Crippen LogP contribution in [0, 0.1) is 0 Å². The minimum Gasteiger partial charge on any atom is -0.395 e. The van der Waals surface area contributed by atoms with Crippen LogP contribution in [0.1, 0.15) is 37.5 Å². The molecule has 0 aliphatic carbocycles. The Kier molecular flexibility index (Phi) is 6.57. The molecule has 37 heavy (non-hydrogen) atoms. The van der Waals surface area contributed by atoms with E-state index >= 15 is 0 Å². The molecule has 4 aromatic rings. The third-order valence-electron chi connectivity index (χ3n) is 7.08. The number of nitrogens with zero attached hydrogens (tertiary/aromatic N) is 2. The lowest BCUT2D eigenvalue weighted by atomic mass is 9.92. The van der Waals surface area contributed by atoms with Crippen LogP contribution < -0.4 is 11.1 Å². The highest BCUT2D eigenvalue weighted by Crippen LogP contribution is 2.42. The Morgan fingerprint density at radius 3 is 2.51 bits per heavy atom. The van der Waals surface area contributed by atoms with E-state index in [1.165, 1.54) is 0 Å². The molecular weight excluding hydrogens is 560 g/mol. The van der Waals surface area contributed by atoms with E-state index in [9.17, 15) is 19.5 Å². The third-order valence-corrected chi connectivity index (χ3v) is 7.41. The summed E-state index contributed by atoms with van der Waals surface area (Å²) in [5, 5.41) is 14.1. The summed E-state index contributed by atoms with van der Waals surface area (Å²) in [6, 6.07) is 14.3. The second kappa shape index (κ2) is 9.57. The molecule has 4 N–H and O–H groups in total. The van der Waals surface area contributed by atoms with Crippen molar-refractivity contribution in [3.05, 3.63) is 70.2 Å². The minimum atomic E-state index is -0.483. The molecule has 6 rings (SSSR count). The van der Waals surface area contributed by atoms with Gasteiger partial charge in [0.25, 0.3) is 17.7 Å². The van der Waals surface area contributed by atoms with Crippen molar-refractivity contribution in [1.29, 1.82) is 0 Å². The molecule has 1 fully saturated rings. The number of carbonyl (C=O) groups is 3. The van der Waals surface area contributed by atoms with Crippen LogP contribution in [0.5, 0.6) is 0 Å². The number of carbonyl (C=O) groups excluding carboxylic acids is 3. The Bertz CT molecular complexity index is 1620. The summed E-state index contributed by atoms with van der Waals surface area (Å²) in [6.07, 6.45) is 0.763. The maximum absolute atomic E-state index is 13.2. The summed E-state index contributed by atoms with van der Waals surface area (Å²) >= 11 is 6.49. The number of aliphatic hydroxyl groups is 1. The number of halogens is 2. The Morgan fingerprint density at radius 2 is 1.81 bits per heavy atom. The number of likely N-dealkylation sites (tertiary alicyclic amines) is 1. The van der Waals surface area contributed by atoms with Crippen LogP contribution in [0.3, 0.4) is 0 Å². The monoisotopic (exact) mass is 582 g/mol. The number of benzene rings is 3. The van der Waals surface area contributed by atoms with Gasteiger partial charge in [-0.25, -0.2) is 0 Å². The van der Waals surface area contributed by atoms with E-state index in [4.69, 9.17) is 17.3 Å². The van der Waals surface area contributed by atoms with Crippen molar-refractivity contribution in [3.8, 4) is 11.1 Å². The van der Waals surface area contributed by atoms with Gasteiger partial charge in [0, 0.05) is 58.1 Å². The Hall–Kier alpha value is -3.24. The van der Waals surface area contributed by atoms with Crippen LogP contribution in [0.2, 0.25) is 5.02 Å². The Labute approximate surface area is 227 Å². The maximum atomic E-state index is 13.2. The molecule has 1 saturated heterocycles. The van der Waals surface area contributed by atoms with Crippen LogP contribution in [-0.4, -0.2) is 58.0 Å². The van der Waals surface area contributed by atoms with Crippen LogP contribution in [0.25, 0.3) is 32.9 Å². The Morgan fingerprint density at radius 1 is 1.05 bits per heavy atom. The highest BCUT2D eigenvalue weighted by atomic mass is 79.9. The molecule has 3 heterocycles. The first kappa shape index (κ1) is 25.4. The second-order valence-corrected chi connectivity index (χ2v) is 9.65. The van der Waals surface area contributed by atoms with E-state index in [-0.39, 0.29) is 53.2 Å². The van der Waals surface area contributed by atoms with Gasteiger partial charge in [-0.3, -0.25) is 19.7 Å². The van der Waals surface area contributed by atoms with Gasteiger partial charge in [0.2, 0.25) is 0 Å². The van der Waals surface area contributed by atoms with Gasteiger partial charge in [0.15, 0.2) is 0 Å². The highest BCUT2D eigenvalue weighted by molar-refractivity contribution is 8.93. The molecule has 0 bridgehead atoms. The number of imide groups is 1. The van der Waals surface area contributed by atoms with Gasteiger partial charge in [-0.05, 0) is 36.2 Å². The first-order valence-electron chi connectivity index (χ1n) is 11.8. The van der Waals surface area contributed by atoms with Gasteiger partial charge in [-0.2, -0.15) is 0 Å². The number of nitrogens with two attached hydrogens (primary N) is 1. The molecule has 0 radical (unpaired) electrons. The SMILES string of the molecule is Br.NC1CCN(C(=O)c2ccc3c4c5c(c(-c6ccccc6Cl)cc4n(CCO)c3c2)C(=O)NC5=O)C1. The van der Waals surface area contributed by atoms with Crippen LogP contribution in [-0.2, 0) is 6.54 Å². The smallest absolute Gasteiger partial charge is 0.259 e. The first-order chi connectivity index (χ1) is 17.4. The zero-order chi connectivity index (χ0) is 25.1. The van der Waals surface area contributed by atoms with Crippen molar-refractivity contribution < 1.29 is 19.5 Å². The second-order valence-electron chi connectivity index (χ2n) is 9.24. The van der Waals surface area contributed by atoms with Crippen molar-refractivity contribution in [1.82, 2.24) is 14.8 Å². The van der Waals surface area contributed by atoms with Gasteiger partial charge >= 0.3 is 0 Å². The molecule has 10 heteroatoms. The predicted molar refractivity (Wildman–Crippen MR) is 148 cm³/mol. The van der Waals surface area contributed by atoms with Crippen molar-refractivity contribution in [2.24, 2.45) is 5.73 Å². The number of aromatic nitrogens is 1.